The zero-order valence-electron chi connectivity index (χ0n) is 6.41. The van der Waals surface area contributed by atoms with Crippen LogP contribution in [-0.2, 0) is 21.7 Å². The summed E-state index contributed by atoms with van der Waals surface area (Å²) < 4.78 is 0. The van der Waals surface area contributed by atoms with E-state index < -0.39 is 0 Å². The molecule has 0 nitrogen and oxygen atoms in total. The van der Waals surface area contributed by atoms with Gasteiger partial charge >= 0.3 is 21.7 Å². The molecule has 0 rings (SSSR count). The van der Waals surface area contributed by atoms with Crippen molar-refractivity contribution in [1.29, 1.82) is 0 Å². The zero-order chi connectivity index (χ0) is 5.41. The molecular weight excluding hydrogens is 191 g/mol. The second-order valence-electron chi connectivity index (χ2n) is 1.15. The fraction of sp³-hybridized carbons (Fsp3) is 0.667. The van der Waals surface area contributed by atoms with Gasteiger partial charge in [0.1, 0.15) is 0 Å². The van der Waals surface area contributed by atoms with Crippen molar-refractivity contribution in [3.63, 3.8) is 0 Å². The van der Waals surface area contributed by atoms with Crippen LogP contribution in [-0.4, -0.2) is 0 Å². The molecule has 0 bridgehead atoms. The third kappa shape index (κ3) is 295. The molecular formula is C6H14Cl2Ti. The Balaban J connectivity index is -0.00000000889. The van der Waals surface area contributed by atoms with E-state index >= 15 is 0 Å². The van der Waals surface area contributed by atoms with E-state index in [0.717, 1.165) is 0 Å². The summed E-state index contributed by atoms with van der Waals surface area (Å²) in [5.74, 6) is 0. The molecule has 0 aromatic rings. The maximum absolute atomic E-state index is 2.00. The smallest absolute Gasteiger partial charge is 1.00 e. The Bertz CT molecular complexity index is 13.0. The average molecular weight is 205 g/mol. The van der Waals surface area contributed by atoms with Gasteiger partial charge in [0.25, 0.3) is 0 Å². The van der Waals surface area contributed by atoms with E-state index in [1.165, 1.54) is 0 Å². The molecule has 0 saturated carbocycles. The van der Waals surface area contributed by atoms with Crippen molar-refractivity contribution in [2.45, 2.75) is 27.7 Å². The van der Waals surface area contributed by atoms with Gasteiger partial charge in [-0.2, -0.15) is 0 Å². The molecule has 56 valence electrons. The second-order valence-corrected chi connectivity index (χ2v) is 1.15. The van der Waals surface area contributed by atoms with Crippen molar-refractivity contribution < 1.29 is 46.5 Å². The summed E-state index contributed by atoms with van der Waals surface area (Å²) in [5.41, 5.74) is 0. The van der Waals surface area contributed by atoms with Crippen LogP contribution in [0.15, 0.2) is 0 Å². The Kier molecular flexibility index (Phi) is 208. The van der Waals surface area contributed by atoms with E-state index in [1.807, 2.05) is 40.5 Å². The number of hydrogen-bond donors (Lipinski definition) is 0. The summed E-state index contributed by atoms with van der Waals surface area (Å²) in [6.45, 7) is 8.00. The van der Waals surface area contributed by atoms with E-state index in [-0.39, 0.29) is 46.5 Å². The van der Waals surface area contributed by atoms with Gasteiger partial charge in [-0.1, -0.05) is 27.7 Å². The number of halogens is 2. The largest absolute Gasteiger partial charge is 2.00 e. The molecule has 2 radical (unpaired) electrons. The van der Waals surface area contributed by atoms with Crippen molar-refractivity contribution in [2.75, 3.05) is 0 Å². The van der Waals surface area contributed by atoms with Gasteiger partial charge in [-0.15, -0.1) is 0 Å². The minimum absolute atomic E-state index is 0. The summed E-state index contributed by atoms with van der Waals surface area (Å²) in [6.07, 6.45) is 4.00. The van der Waals surface area contributed by atoms with Crippen molar-refractivity contribution in [3.8, 4) is 0 Å². The van der Waals surface area contributed by atoms with E-state index in [4.69, 9.17) is 0 Å². The van der Waals surface area contributed by atoms with Crippen LogP contribution in [0.3, 0.4) is 0 Å². The second kappa shape index (κ2) is 58.9. The maximum atomic E-state index is 2.00. The molecule has 0 amide bonds. The van der Waals surface area contributed by atoms with Crippen LogP contribution in [0.5, 0.6) is 0 Å². The Labute approximate surface area is 86.9 Å². The van der Waals surface area contributed by atoms with Gasteiger partial charge in [-0.05, 0) is 12.8 Å². The van der Waals surface area contributed by atoms with Gasteiger partial charge in [0.2, 0.25) is 0 Å². The van der Waals surface area contributed by atoms with Crippen LogP contribution in [0, 0.1) is 12.8 Å². The molecule has 0 aromatic heterocycles. The van der Waals surface area contributed by atoms with Crippen molar-refractivity contribution >= 4 is 0 Å². The minimum Gasteiger partial charge on any atom is -1.00 e. The van der Waals surface area contributed by atoms with Crippen molar-refractivity contribution in [1.82, 2.24) is 0 Å². The molecule has 0 unspecified atom stereocenters. The van der Waals surface area contributed by atoms with Crippen molar-refractivity contribution in [2.24, 2.45) is 0 Å². The summed E-state index contributed by atoms with van der Waals surface area (Å²) in [7, 11) is 0. The van der Waals surface area contributed by atoms with Gasteiger partial charge in [0, 0.05) is 0 Å². The van der Waals surface area contributed by atoms with Gasteiger partial charge in [-0.25, -0.2) is 0 Å². The average Bonchev–Trinajstić information content (AvgIpc) is 1.39. The predicted molar refractivity (Wildman–Crippen MR) is 31.3 cm³/mol. The minimum atomic E-state index is 0. The molecule has 9 heavy (non-hydrogen) atoms. The quantitative estimate of drug-likeness (QED) is 0.359. The van der Waals surface area contributed by atoms with Gasteiger partial charge in [0.05, 0.1) is 0 Å². The van der Waals surface area contributed by atoms with Crippen LogP contribution in [0.4, 0.5) is 0 Å². The SMILES string of the molecule is C[CH]C.C[CH]C.[Cl-].[Cl-].[Ti+2]. The third-order valence-electron chi connectivity index (χ3n) is 0. The van der Waals surface area contributed by atoms with Crippen molar-refractivity contribution in [3.05, 3.63) is 12.8 Å². The van der Waals surface area contributed by atoms with E-state index in [2.05, 4.69) is 0 Å². The van der Waals surface area contributed by atoms with E-state index in [1.54, 1.807) is 0 Å². The summed E-state index contributed by atoms with van der Waals surface area (Å²) in [6, 6.07) is 0. The fourth-order valence-corrected chi connectivity index (χ4v) is 0. The monoisotopic (exact) mass is 204 g/mol. The first-order chi connectivity index (χ1) is 2.83. The first-order valence-electron chi connectivity index (χ1n) is 2.31. The van der Waals surface area contributed by atoms with E-state index in [9.17, 15) is 0 Å². The molecule has 0 saturated heterocycles. The zero-order valence-corrected chi connectivity index (χ0v) is 9.48. The van der Waals surface area contributed by atoms with Crippen LogP contribution in [0.2, 0.25) is 0 Å². The molecule has 0 spiro atoms. The Morgan fingerprint density at radius 1 is 0.667 bits per heavy atom. The van der Waals surface area contributed by atoms with Crippen LogP contribution >= 0.6 is 0 Å². The summed E-state index contributed by atoms with van der Waals surface area (Å²) >= 11 is 0. The Morgan fingerprint density at radius 2 is 0.667 bits per heavy atom. The van der Waals surface area contributed by atoms with Crippen LogP contribution < -0.4 is 24.8 Å². The molecule has 0 aliphatic carbocycles. The normalized spacial score (nSPS) is 4.00. The fourth-order valence-electron chi connectivity index (χ4n) is 0. The molecule has 0 atom stereocenters. The third-order valence-corrected chi connectivity index (χ3v) is 0. The van der Waals surface area contributed by atoms with Gasteiger partial charge in [0.15, 0.2) is 0 Å². The molecule has 0 N–H and O–H groups in total. The first kappa shape index (κ1) is 31.7. The molecule has 3 heteroatoms. The number of rotatable bonds is 0. The number of hydrogen-bond acceptors (Lipinski definition) is 0. The van der Waals surface area contributed by atoms with Crippen LogP contribution in [0.25, 0.3) is 0 Å². The molecule has 0 aromatic carbocycles. The van der Waals surface area contributed by atoms with Gasteiger partial charge in [-0.3, -0.25) is 0 Å². The maximum Gasteiger partial charge on any atom is 2.00 e. The Hall–Kier alpha value is 1.29. The summed E-state index contributed by atoms with van der Waals surface area (Å²) in [5, 5.41) is 0. The van der Waals surface area contributed by atoms with Gasteiger partial charge < -0.3 is 24.8 Å². The molecule has 0 aliphatic heterocycles. The first-order valence-corrected chi connectivity index (χ1v) is 2.31. The topological polar surface area (TPSA) is 0 Å². The molecule has 0 heterocycles. The van der Waals surface area contributed by atoms with E-state index in [0.29, 0.717) is 0 Å². The van der Waals surface area contributed by atoms with Crippen LogP contribution in [0.1, 0.15) is 27.7 Å². The molecule has 0 aliphatic rings. The molecule has 0 fully saturated rings. The Morgan fingerprint density at radius 3 is 0.667 bits per heavy atom. The summed E-state index contributed by atoms with van der Waals surface area (Å²) in [4.78, 5) is 0. The standard InChI is InChI=1S/2C3H7.2ClH.Ti/c2*1-3-2;;;/h2*3H,1-2H3;2*1H;/q;;;;+2/p-2. The predicted octanol–water partition coefficient (Wildman–Crippen LogP) is -3.53.